The van der Waals surface area contributed by atoms with Crippen LogP contribution in [0.5, 0.6) is 0 Å². The first-order valence-corrected chi connectivity index (χ1v) is 3.73. The summed E-state index contributed by atoms with van der Waals surface area (Å²) >= 11 is 5.59. The van der Waals surface area contributed by atoms with Gasteiger partial charge in [-0.25, -0.2) is 0 Å². The lowest BCUT2D eigenvalue weighted by Crippen LogP contribution is -1.77. The number of benzene rings is 1. The third-order valence-electron chi connectivity index (χ3n) is 1.03. The summed E-state index contributed by atoms with van der Waals surface area (Å²) in [4.78, 5) is 18.9. The lowest BCUT2D eigenvalue weighted by Gasteiger charge is -1.90. The Bertz CT molecular complexity index is 258. The predicted octanol–water partition coefficient (Wildman–Crippen LogP) is 2.36. The molecule has 12 heavy (non-hydrogen) atoms. The molecule has 0 saturated carbocycles. The van der Waals surface area contributed by atoms with Crippen LogP contribution in [-0.4, -0.2) is 12.6 Å². The second-order valence-corrected chi connectivity index (χ2v) is 2.28. The summed E-state index contributed by atoms with van der Waals surface area (Å²) in [6, 6.07) is 6.92. The second-order valence-electron chi connectivity index (χ2n) is 1.88. The van der Waals surface area contributed by atoms with E-state index < -0.39 is 0 Å². The molecule has 0 saturated heterocycles. The Morgan fingerprint density at radius 1 is 1.25 bits per heavy atom. The third-order valence-corrected chi connectivity index (χ3v) is 1.38. The van der Waals surface area contributed by atoms with E-state index in [1.54, 1.807) is 24.3 Å². The third kappa shape index (κ3) is 3.88. The number of aldehydes is 2. The zero-order valence-electron chi connectivity index (χ0n) is 6.66. The van der Waals surface area contributed by atoms with Crippen LogP contribution in [0.3, 0.4) is 0 Å². The van der Waals surface area contributed by atoms with Crippen LogP contribution in [0.2, 0.25) is 5.02 Å². The zero-order valence-corrected chi connectivity index (χ0v) is 7.41. The van der Waals surface area contributed by atoms with Gasteiger partial charge in [-0.15, -0.1) is 0 Å². The summed E-state index contributed by atoms with van der Waals surface area (Å²) in [5.41, 5.74) is 0.541. The van der Waals surface area contributed by atoms with Gasteiger partial charge in [0.1, 0.15) is 6.29 Å². The highest BCUT2D eigenvalue weighted by atomic mass is 35.5. The molecule has 0 aliphatic carbocycles. The summed E-state index contributed by atoms with van der Waals surface area (Å²) in [5, 5.41) is 0.507. The van der Waals surface area contributed by atoms with Crippen LogP contribution in [0.4, 0.5) is 0 Å². The van der Waals surface area contributed by atoms with Crippen molar-refractivity contribution < 1.29 is 9.59 Å². The molecule has 0 heterocycles. The highest BCUT2D eigenvalue weighted by molar-refractivity contribution is 6.32. The van der Waals surface area contributed by atoms with Gasteiger partial charge in [0.25, 0.3) is 0 Å². The van der Waals surface area contributed by atoms with E-state index in [0.29, 0.717) is 10.6 Å². The zero-order chi connectivity index (χ0) is 9.40. The SMILES string of the molecule is CC=O.O=Cc1ccccc1Cl. The van der Waals surface area contributed by atoms with Crippen LogP contribution in [0.1, 0.15) is 17.3 Å². The van der Waals surface area contributed by atoms with Crippen molar-refractivity contribution in [3.8, 4) is 0 Å². The van der Waals surface area contributed by atoms with Gasteiger partial charge < -0.3 is 4.79 Å². The fourth-order valence-corrected chi connectivity index (χ4v) is 0.751. The minimum absolute atomic E-state index is 0.507. The molecule has 0 bridgehead atoms. The second kappa shape index (κ2) is 6.55. The molecule has 1 aromatic carbocycles. The van der Waals surface area contributed by atoms with E-state index in [9.17, 15) is 4.79 Å². The van der Waals surface area contributed by atoms with Gasteiger partial charge in [0.05, 0.1) is 5.02 Å². The van der Waals surface area contributed by atoms with Crippen LogP contribution < -0.4 is 0 Å². The van der Waals surface area contributed by atoms with Crippen molar-refractivity contribution in [1.29, 1.82) is 0 Å². The highest BCUT2D eigenvalue weighted by Gasteiger charge is 1.92. The van der Waals surface area contributed by atoms with Crippen LogP contribution in [0.25, 0.3) is 0 Å². The summed E-state index contributed by atoms with van der Waals surface area (Å²) in [6.07, 6.45) is 1.49. The molecule has 0 aliphatic heterocycles. The minimum Gasteiger partial charge on any atom is -0.304 e. The lowest BCUT2D eigenvalue weighted by atomic mass is 10.2. The molecular weight excluding hydrogens is 176 g/mol. The summed E-state index contributed by atoms with van der Waals surface area (Å²) < 4.78 is 0. The fraction of sp³-hybridized carbons (Fsp3) is 0.111. The number of hydrogen-bond acceptors (Lipinski definition) is 2. The maximum Gasteiger partial charge on any atom is 0.151 e. The normalized spacial score (nSPS) is 7.83. The van der Waals surface area contributed by atoms with E-state index in [1.165, 1.54) is 6.92 Å². The molecule has 0 atom stereocenters. The van der Waals surface area contributed by atoms with Crippen molar-refractivity contribution in [2.75, 3.05) is 0 Å². The highest BCUT2D eigenvalue weighted by Crippen LogP contribution is 2.11. The average molecular weight is 185 g/mol. The Kier molecular flexibility index (Phi) is 5.93. The van der Waals surface area contributed by atoms with Crippen LogP contribution >= 0.6 is 11.6 Å². The molecule has 3 heteroatoms. The number of halogens is 1. The Labute approximate surface area is 76.2 Å². The molecule has 0 fully saturated rings. The summed E-state index contributed by atoms with van der Waals surface area (Å²) in [7, 11) is 0. The summed E-state index contributed by atoms with van der Waals surface area (Å²) in [5.74, 6) is 0. The Hall–Kier alpha value is -1.15. The van der Waals surface area contributed by atoms with Gasteiger partial charge in [-0.3, -0.25) is 4.79 Å². The monoisotopic (exact) mass is 184 g/mol. The Balaban J connectivity index is 0.000000354. The van der Waals surface area contributed by atoms with Crippen LogP contribution in [0.15, 0.2) is 24.3 Å². The van der Waals surface area contributed by atoms with Crippen molar-refractivity contribution in [2.45, 2.75) is 6.92 Å². The van der Waals surface area contributed by atoms with E-state index in [2.05, 4.69) is 0 Å². The van der Waals surface area contributed by atoms with Gasteiger partial charge in [-0.1, -0.05) is 29.8 Å². The van der Waals surface area contributed by atoms with Crippen molar-refractivity contribution in [3.63, 3.8) is 0 Å². The largest absolute Gasteiger partial charge is 0.304 e. The van der Waals surface area contributed by atoms with E-state index in [0.717, 1.165) is 12.6 Å². The van der Waals surface area contributed by atoms with Crippen molar-refractivity contribution in [2.24, 2.45) is 0 Å². The van der Waals surface area contributed by atoms with Crippen molar-refractivity contribution in [3.05, 3.63) is 34.9 Å². The Morgan fingerprint density at radius 2 is 1.75 bits per heavy atom. The topological polar surface area (TPSA) is 34.1 Å². The minimum atomic E-state index is 0.507. The average Bonchev–Trinajstić information content (AvgIpc) is 2.07. The molecular formula is C9H9ClO2. The van der Waals surface area contributed by atoms with Gasteiger partial charge >= 0.3 is 0 Å². The molecule has 0 spiro atoms. The van der Waals surface area contributed by atoms with Crippen molar-refractivity contribution in [1.82, 2.24) is 0 Å². The first-order valence-electron chi connectivity index (χ1n) is 3.35. The molecule has 0 unspecified atom stereocenters. The van der Waals surface area contributed by atoms with Gasteiger partial charge in [-0.2, -0.15) is 0 Å². The molecule has 0 aliphatic rings. The van der Waals surface area contributed by atoms with Gasteiger partial charge in [0.15, 0.2) is 6.29 Å². The molecule has 1 rings (SSSR count). The van der Waals surface area contributed by atoms with E-state index in [-0.39, 0.29) is 0 Å². The molecule has 2 nitrogen and oxygen atoms in total. The van der Waals surface area contributed by atoms with Gasteiger partial charge in [0.2, 0.25) is 0 Å². The van der Waals surface area contributed by atoms with E-state index >= 15 is 0 Å². The standard InChI is InChI=1S/C7H5ClO.C2H4O/c8-7-4-2-1-3-6(7)5-9;1-2-3/h1-5H;2H,1H3. The number of carbonyl (C=O) groups is 2. The number of hydrogen-bond donors (Lipinski definition) is 0. The quantitative estimate of drug-likeness (QED) is 0.628. The van der Waals surface area contributed by atoms with E-state index in [1.807, 2.05) is 0 Å². The van der Waals surface area contributed by atoms with E-state index in [4.69, 9.17) is 16.4 Å². The summed E-state index contributed by atoms with van der Waals surface area (Å²) in [6.45, 7) is 1.44. The first kappa shape index (κ1) is 10.8. The molecule has 64 valence electrons. The molecule has 0 radical (unpaired) electrons. The maximum atomic E-state index is 10.1. The molecule has 0 N–H and O–H groups in total. The first-order chi connectivity index (χ1) is 5.76. The fourth-order valence-electron chi connectivity index (χ4n) is 0.571. The number of carbonyl (C=O) groups excluding carboxylic acids is 2. The van der Waals surface area contributed by atoms with Gasteiger partial charge in [0, 0.05) is 5.56 Å². The van der Waals surface area contributed by atoms with Crippen LogP contribution in [0, 0.1) is 0 Å². The lowest BCUT2D eigenvalue weighted by molar-refractivity contribution is -0.106. The maximum absolute atomic E-state index is 10.1. The predicted molar refractivity (Wildman–Crippen MR) is 48.6 cm³/mol. The smallest absolute Gasteiger partial charge is 0.151 e. The molecule has 0 aromatic heterocycles. The van der Waals surface area contributed by atoms with Crippen molar-refractivity contribution >= 4 is 24.2 Å². The molecule has 0 amide bonds. The Morgan fingerprint density at radius 3 is 2.08 bits per heavy atom. The van der Waals surface area contributed by atoms with Crippen LogP contribution in [-0.2, 0) is 4.79 Å². The molecule has 1 aromatic rings. The van der Waals surface area contributed by atoms with Gasteiger partial charge in [-0.05, 0) is 13.0 Å². The number of rotatable bonds is 1.